The van der Waals surface area contributed by atoms with Crippen LogP contribution in [0, 0.1) is 5.92 Å². The van der Waals surface area contributed by atoms with Gasteiger partial charge in [-0.25, -0.2) is 0 Å². The lowest BCUT2D eigenvalue weighted by atomic mass is 9.99. The molecule has 0 unspecified atom stereocenters. The number of hydrogen-bond donors (Lipinski definition) is 1. The topological polar surface area (TPSA) is 29.1 Å². The Morgan fingerprint density at radius 2 is 2.00 bits per heavy atom. The van der Waals surface area contributed by atoms with Gasteiger partial charge in [0.2, 0.25) is 5.91 Å². The first kappa shape index (κ1) is 17.1. The van der Waals surface area contributed by atoms with Gasteiger partial charge >= 0.3 is 0 Å². The fourth-order valence-corrected chi connectivity index (χ4v) is 2.91. The predicted octanol–water partition coefficient (Wildman–Crippen LogP) is 4.25. The maximum Gasteiger partial charge on any atom is 0.230 e. The summed E-state index contributed by atoms with van der Waals surface area (Å²) < 4.78 is 0. The van der Waals surface area contributed by atoms with Crippen molar-refractivity contribution >= 4 is 17.7 Å². The van der Waals surface area contributed by atoms with Crippen LogP contribution in [0.25, 0.3) is 0 Å². The van der Waals surface area contributed by atoms with Gasteiger partial charge in [0.25, 0.3) is 0 Å². The van der Waals surface area contributed by atoms with E-state index in [2.05, 4.69) is 31.3 Å². The molecular weight excluding hydrogens is 266 g/mol. The number of rotatable bonds is 10. The monoisotopic (exact) mass is 293 g/mol. The third-order valence-electron chi connectivity index (χ3n) is 3.48. The number of carbonyl (C=O) groups is 1. The summed E-state index contributed by atoms with van der Waals surface area (Å²) in [5.74, 6) is 2.26. The van der Waals surface area contributed by atoms with Crippen LogP contribution in [0.3, 0.4) is 0 Å². The average Bonchev–Trinajstić information content (AvgIpc) is 2.48. The van der Waals surface area contributed by atoms with Crippen LogP contribution in [-0.2, 0) is 10.5 Å². The minimum atomic E-state index is 0.167. The lowest BCUT2D eigenvalue weighted by Gasteiger charge is -2.15. The molecule has 112 valence electrons. The van der Waals surface area contributed by atoms with Crippen molar-refractivity contribution in [3.63, 3.8) is 0 Å². The molecule has 1 rings (SSSR count). The van der Waals surface area contributed by atoms with Crippen LogP contribution < -0.4 is 5.32 Å². The summed E-state index contributed by atoms with van der Waals surface area (Å²) in [7, 11) is 0. The lowest BCUT2D eigenvalue weighted by molar-refractivity contribution is -0.118. The molecule has 0 aliphatic rings. The van der Waals surface area contributed by atoms with E-state index in [1.54, 1.807) is 11.8 Å². The van der Waals surface area contributed by atoms with Crippen LogP contribution in [0.15, 0.2) is 30.3 Å². The maximum absolute atomic E-state index is 11.8. The zero-order chi connectivity index (χ0) is 14.6. The third kappa shape index (κ3) is 7.59. The van der Waals surface area contributed by atoms with Crippen molar-refractivity contribution in [2.45, 2.75) is 45.3 Å². The van der Waals surface area contributed by atoms with Crippen molar-refractivity contribution in [3.8, 4) is 0 Å². The first-order valence-corrected chi connectivity index (χ1v) is 8.80. The molecule has 0 spiro atoms. The van der Waals surface area contributed by atoms with E-state index in [4.69, 9.17) is 0 Å². The summed E-state index contributed by atoms with van der Waals surface area (Å²) in [5, 5.41) is 3.07. The van der Waals surface area contributed by atoms with E-state index in [1.807, 2.05) is 18.2 Å². The highest BCUT2D eigenvalue weighted by Crippen LogP contribution is 2.13. The molecule has 1 N–H and O–H groups in total. The van der Waals surface area contributed by atoms with Gasteiger partial charge in [0.15, 0.2) is 0 Å². The average molecular weight is 293 g/mol. The number of hydrogen-bond acceptors (Lipinski definition) is 2. The number of benzene rings is 1. The second-order valence-corrected chi connectivity index (χ2v) is 6.18. The van der Waals surface area contributed by atoms with Crippen LogP contribution >= 0.6 is 11.8 Å². The molecule has 1 aromatic carbocycles. The fourth-order valence-electron chi connectivity index (χ4n) is 2.09. The van der Waals surface area contributed by atoms with Crippen molar-refractivity contribution in [2.24, 2.45) is 5.92 Å². The van der Waals surface area contributed by atoms with Crippen molar-refractivity contribution in [1.82, 2.24) is 5.32 Å². The smallest absolute Gasteiger partial charge is 0.230 e. The largest absolute Gasteiger partial charge is 0.355 e. The second kappa shape index (κ2) is 10.8. The molecule has 2 nitrogen and oxygen atoms in total. The van der Waals surface area contributed by atoms with Crippen LogP contribution in [0.2, 0.25) is 0 Å². The summed E-state index contributed by atoms with van der Waals surface area (Å²) in [6.45, 7) is 5.25. The van der Waals surface area contributed by atoms with Crippen LogP contribution in [0.4, 0.5) is 0 Å². The van der Waals surface area contributed by atoms with Crippen molar-refractivity contribution < 1.29 is 4.79 Å². The molecule has 0 aliphatic heterocycles. The molecule has 20 heavy (non-hydrogen) atoms. The Balaban J connectivity index is 2.13. The summed E-state index contributed by atoms with van der Waals surface area (Å²) in [5.41, 5.74) is 1.28. The number of thioether (sulfide) groups is 1. The standard InChI is InChI=1S/C17H27NOS/c1-3-5-9-15(4-2)12-18-17(19)14-20-13-16-10-7-6-8-11-16/h6-8,10-11,15H,3-5,9,12-14H2,1-2H3,(H,18,19)/t15-/m0/s1. The Morgan fingerprint density at radius 1 is 1.25 bits per heavy atom. The normalized spacial score (nSPS) is 12.1. The maximum atomic E-state index is 11.8. The Labute approximate surface area is 127 Å². The van der Waals surface area contributed by atoms with E-state index in [0.717, 1.165) is 18.7 Å². The molecule has 0 fully saturated rings. The third-order valence-corrected chi connectivity index (χ3v) is 4.48. The van der Waals surface area contributed by atoms with Gasteiger partial charge < -0.3 is 5.32 Å². The highest BCUT2D eigenvalue weighted by atomic mass is 32.2. The summed E-state index contributed by atoms with van der Waals surface area (Å²) >= 11 is 1.68. The van der Waals surface area contributed by atoms with E-state index in [-0.39, 0.29) is 5.91 Å². The van der Waals surface area contributed by atoms with Gasteiger partial charge in [-0.15, -0.1) is 11.8 Å². The minimum Gasteiger partial charge on any atom is -0.355 e. The van der Waals surface area contributed by atoms with Gasteiger partial charge in [-0.05, 0) is 17.9 Å². The van der Waals surface area contributed by atoms with Gasteiger partial charge in [0.05, 0.1) is 5.75 Å². The number of amides is 1. The molecule has 0 aliphatic carbocycles. The van der Waals surface area contributed by atoms with E-state index < -0.39 is 0 Å². The Hall–Kier alpha value is -0.960. The SMILES string of the molecule is CCCC[C@H](CC)CNC(=O)CSCc1ccccc1. The molecule has 1 aromatic rings. The molecule has 0 radical (unpaired) electrons. The van der Waals surface area contributed by atoms with Crippen LogP contribution in [0.5, 0.6) is 0 Å². The summed E-state index contributed by atoms with van der Waals surface area (Å²) in [4.78, 5) is 11.8. The van der Waals surface area contributed by atoms with Gasteiger partial charge in [-0.1, -0.05) is 63.4 Å². The van der Waals surface area contributed by atoms with E-state index in [1.165, 1.54) is 24.8 Å². The van der Waals surface area contributed by atoms with Gasteiger partial charge in [-0.2, -0.15) is 0 Å². The molecule has 0 heterocycles. The zero-order valence-electron chi connectivity index (χ0n) is 12.7. The van der Waals surface area contributed by atoms with Gasteiger partial charge in [0.1, 0.15) is 0 Å². The van der Waals surface area contributed by atoms with Crippen molar-refractivity contribution in [1.29, 1.82) is 0 Å². The fraction of sp³-hybridized carbons (Fsp3) is 0.588. The molecule has 0 bridgehead atoms. The molecule has 0 saturated heterocycles. The van der Waals surface area contributed by atoms with E-state index in [9.17, 15) is 4.79 Å². The molecule has 1 atom stereocenters. The number of unbranched alkanes of at least 4 members (excludes halogenated alkanes) is 1. The zero-order valence-corrected chi connectivity index (χ0v) is 13.5. The van der Waals surface area contributed by atoms with Gasteiger partial charge in [0, 0.05) is 12.3 Å². The Bertz CT molecular complexity index is 367. The van der Waals surface area contributed by atoms with Crippen molar-refractivity contribution in [2.75, 3.05) is 12.3 Å². The number of nitrogens with one attached hydrogen (secondary N) is 1. The minimum absolute atomic E-state index is 0.167. The highest BCUT2D eigenvalue weighted by Gasteiger charge is 2.08. The quantitative estimate of drug-likeness (QED) is 0.698. The lowest BCUT2D eigenvalue weighted by Crippen LogP contribution is -2.30. The first-order valence-electron chi connectivity index (χ1n) is 7.64. The van der Waals surface area contributed by atoms with Crippen molar-refractivity contribution in [3.05, 3.63) is 35.9 Å². The molecule has 0 saturated carbocycles. The first-order chi connectivity index (χ1) is 9.76. The highest BCUT2D eigenvalue weighted by molar-refractivity contribution is 7.99. The van der Waals surface area contributed by atoms with E-state index >= 15 is 0 Å². The Morgan fingerprint density at radius 3 is 2.65 bits per heavy atom. The molecule has 1 amide bonds. The Kier molecular flexibility index (Phi) is 9.22. The van der Waals surface area contributed by atoms with Crippen LogP contribution in [-0.4, -0.2) is 18.2 Å². The predicted molar refractivity (Wildman–Crippen MR) is 88.9 cm³/mol. The molecular formula is C17H27NOS. The molecule has 0 aromatic heterocycles. The number of carbonyl (C=O) groups excluding carboxylic acids is 1. The summed E-state index contributed by atoms with van der Waals surface area (Å²) in [6, 6.07) is 10.3. The summed E-state index contributed by atoms with van der Waals surface area (Å²) in [6.07, 6.45) is 4.87. The second-order valence-electron chi connectivity index (χ2n) is 5.20. The van der Waals surface area contributed by atoms with Crippen LogP contribution in [0.1, 0.15) is 45.1 Å². The van der Waals surface area contributed by atoms with E-state index in [0.29, 0.717) is 11.7 Å². The molecule has 3 heteroatoms. The van der Waals surface area contributed by atoms with Gasteiger partial charge in [-0.3, -0.25) is 4.79 Å².